The average Bonchev–Trinajstić information content (AvgIpc) is 3.44. The van der Waals surface area contributed by atoms with E-state index in [9.17, 15) is 0 Å². The molecule has 3 aliphatic rings. The third-order valence-corrected chi connectivity index (χ3v) is 5.60. The van der Waals surface area contributed by atoms with Crippen molar-refractivity contribution in [1.29, 1.82) is 0 Å². The summed E-state index contributed by atoms with van der Waals surface area (Å²) in [6, 6.07) is 14.3. The minimum absolute atomic E-state index is 0.206. The molecule has 33 heavy (non-hydrogen) atoms. The van der Waals surface area contributed by atoms with E-state index >= 15 is 0 Å². The average molecular weight is 458 g/mol. The second-order valence-corrected chi connectivity index (χ2v) is 8.41. The molecule has 9 heteroatoms. The van der Waals surface area contributed by atoms with Crippen molar-refractivity contribution in [2.24, 2.45) is 0 Å². The van der Waals surface area contributed by atoms with Crippen molar-refractivity contribution >= 4 is 0 Å². The number of rotatable bonds is 7. The lowest BCUT2D eigenvalue weighted by Gasteiger charge is -2.30. The lowest BCUT2D eigenvalue weighted by molar-refractivity contribution is -0.366. The molecule has 0 saturated carbocycles. The monoisotopic (exact) mass is 458 g/mol. The van der Waals surface area contributed by atoms with Crippen LogP contribution in [-0.2, 0) is 24.0 Å². The molecule has 5 rings (SSSR count). The first-order valence-electron chi connectivity index (χ1n) is 10.5. The molecule has 0 radical (unpaired) electrons. The lowest BCUT2D eigenvalue weighted by Crippen LogP contribution is -2.48. The summed E-state index contributed by atoms with van der Waals surface area (Å²) in [5.41, 5.74) is 0. The van der Waals surface area contributed by atoms with Gasteiger partial charge in [0.05, 0.1) is 20.8 Å². The van der Waals surface area contributed by atoms with Crippen LogP contribution in [0.4, 0.5) is 0 Å². The van der Waals surface area contributed by atoms with Crippen molar-refractivity contribution in [2.75, 3.05) is 20.8 Å². The summed E-state index contributed by atoms with van der Waals surface area (Å²) in [5, 5.41) is 0. The van der Waals surface area contributed by atoms with Crippen molar-refractivity contribution in [2.45, 2.75) is 44.2 Å². The van der Waals surface area contributed by atoms with Gasteiger partial charge in [-0.25, -0.2) is 0 Å². The molecule has 2 bridgehead atoms. The van der Waals surface area contributed by atoms with Crippen molar-refractivity contribution < 1.29 is 42.9 Å². The number of ether oxygens (including phenoxy) is 7. The third kappa shape index (κ3) is 3.81. The molecular weight excluding hydrogens is 432 g/mol. The summed E-state index contributed by atoms with van der Waals surface area (Å²) in [6.07, 6.45) is -0.667. The molecule has 2 aromatic rings. The van der Waals surface area contributed by atoms with Gasteiger partial charge in [-0.05, 0) is 62.4 Å². The quantitative estimate of drug-likeness (QED) is 0.573. The van der Waals surface area contributed by atoms with Crippen LogP contribution < -0.4 is 18.9 Å². The van der Waals surface area contributed by atoms with Gasteiger partial charge < -0.3 is 28.4 Å². The van der Waals surface area contributed by atoms with Crippen LogP contribution in [0.1, 0.15) is 20.8 Å². The van der Waals surface area contributed by atoms with Gasteiger partial charge in [0, 0.05) is 6.92 Å². The van der Waals surface area contributed by atoms with Crippen LogP contribution in [0.5, 0.6) is 23.0 Å². The van der Waals surface area contributed by atoms with E-state index in [0.717, 1.165) is 0 Å². The Morgan fingerprint density at radius 3 is 1.73 bits per heavy atom. The molecule has 2 unspecified atom stereocenters. The highest BCUT2D eigenvalue weighted by atomic mass is 17.3. The highest BCUT2D eigenvalue weighted by molar-refractivity contribution is 5.39. The van der Waals surface area contributed by atoms with Gasteiger partial charge in [0.2, 0.25) is 11.5 Å². The minimum atomic E-state index is -1.52. The van der Waals surface area contributed by atoms with Crippen molar-refractivity contribution in [3.63, 3.8) is 0 Å². The Labute approximate surface area is 191 Å². The molecule has 2 aromatic carbocycles. The van der Waals surface area contributed by atoms with E-state index in [1.165, 1.54) is 0 Å². The molecule has 0 N–H and O–H groups in total. The highest BCUT2D eigenvalue weighted by Crippen LogP contribution is 2.55. The summed E-state index contributed by atoms with van der Waals surface area (Å²) < 4.78 is 41.1. The van der Waals surface area contributed by atoms with Gasteiger partial charge in [0.15, 0.2) is 5.79 Å². The summed E-state index contributed by atoms with van der Waals surface area (Å²) in [4.78, 5) is 11.3. The predicted molar refractivity (Wildman–Crippen MR) is 114 cm³/mol. The Kier molecular flexibility index (Phi) is 5.26. The van der Waals surface area contributed by atoms with E-state index in [0.29, 0.717) is 28.8 Å². The van der Waals surface area contributed by atoms with Crippen LogP contribution in [0.15, 0.2) is 60.0 Å². The zero-order chi connectivity index (χ0) is 23.3. The number of fused-ring (bicyclic) bond motifs is 2. The Hall–Kier alpha value is -2.82. The van der Waals surface area contributed by atoms with Gasteiger partial charge in [-0.3, -0.25) is 4.74 Å². The molecule has 0 aromatic heterocycles. The van der Waals surface area contributed by atoms with Gasteiger partial charge in [-0.1, -0.05) is 0 Å². The van der Waals surface area contributed by atoms with Gasteiger partial charge in [-0.15, -0.1) is 0 Å². The van der Waals surface area contributed by atoms with Crippen LogP contribution in [-0.4, -0.2) is 44.3 Å². The molecule has 9 nitrogen and oxygen atoms in total. The highest BCUT2D eigenvalue weighted by Gasteiger charge is 2.71. The molecule has 2 fully saturated rings. The van der Waals surface area contributed by atoms with Crippen molar-refractivity contribution in [3.8, 4) is 23.0 Å². The number of benzene rings is 2. The Bertz CT molecular complexity index is 1050. The molecule has 176 valence electrons. The van der Waals surface area contributed by atoms with Crippen LogP contribution in [0, 0.1) is 0 Å². The Balaban J connectivity index is 1.55. The van der Waals surface area contributed by atoms with Crippen molar-refractivity contribution in [1.82, 2.24) is 0 Å². The van der Waals surface area contributed by atoms with Gasteiger partial charge in [-0.2, -0.15) is 9.78 Å². The topological polar surface area (TPSA) is 83.1 Å². The molecule has 3 atom stereocenters. The first kappa shape index (κ1) is 22.0. The zero-order valence-corrected chi connectivity index (χ0v) is 19.1. The SMILES string of the molecule is COc1ccc(OC2=C(Oc3ccc(OC)cc3)C3([C@@H]4COC(C)(C)O4)OOC2(C)O3)cc1. The predicted octanol–water partition coefficient (Wildman–Crippen LogP) is 3.93. The van der Waals surface area contributed by atoms with Crippen LogP contribution in [0.25, 0.3) is 0 Å². The number of methoxy groups -OCH3 is 2. The zero-order valence-electron chi connectivity index (χ0n) is 19.1. The second-order valence-electron chi connectivity index (χ2n) is 8.41. The van der Waals surface area contributed by atoms with Crippen LogP contribution >= 0.6 is 0 Å². The first-order chi connectivity index (χ1) is 15.8. The maximum absolute atomic E-state index is 6.30. The van der Waals surface area contributed by atoms with Crippen LogP contribution in [0.2, 0.25) is 0 Å². The smallest absolute Gasteiger partial charge is 0.295 e. The lowest BCUT2D eigenvalue weighted by atomic mass is 10.1. The first-order valence-corrected chi connectivity index (χ1v) is 10.5. The molecule has 0 aliphatic carbocycles. The molecule has 0 amide bonds. The van der Waals surface area contributed by atoms with Crippen LogP contribution in [0.3, 0.4) is 0 Å². The van der Waals surface area contributed by atoms with Gasteiger partial charge in [0.1, 0.15) is 29.1 Å². The van der Waals surface area contributed by atoms with Gasteiger partial charge >= 0.3 is 0 Å². The van der Waals surface area contributed by atoms with Gasteiger partial charge in [0.25, 0.3) is 11.6 Å². The van der Waals surface area contributed by atoms with E-state index in [4.69, 9.17) is 42.9 Å². The molecule has 2 saturated heterocycles. The molecule has 3 heterocycles. The summed E-state index contributed by atoms with van der Waals surface area (Å²) in [7, 11) is 3.20. The van der Waals surface area contributed by atoms with E-state index in [2.05, 4.69) is 0 Å². The van der Waals surface area contributed by atoms with Crippen molar-refractivity contribution in [3.05, 3.63) is 60.0 Å². The normalized spacial score (nSPS) is 29.9. The summed E-state index contributed by atoms with van der Waals surface area (Å²) in [5.74, 6) is -0.643. The standard InChI is InChI=1S/C24H26O9/c1-22(2)27-14-19(30-22)24-21(29-18-12-8-16(26-5)9-13-18)20(23(3,31-24)32-33-24)28-17-10-6-15(25-4)7-11-17/h6-13,19H,14H2,1-5H3/t19-,23?,24?/m0/s1. The Morgan fingerprint density at radius 1 is 0.727 bits per heavy atom. The fourth-order valence-electron chi connectivity index (χ4n) is 3.92. The minimum Gasteiger partial charge on any atom is -0.497 e. The third-order valence-electron chi connectivity index (χ3n) is 5.60. The summed E-state index contributed by atoms with van der Waals surface area (Å²) in [6.45, 7) is 5.53. The fraction of sp³-hybridized carbons (Fsp3) is 0.417. The van der Waals surface area contributed by atoms with E-state index in [1.54, 1.807) is 69.7 Å². The van der Waals surface area contributed by atoms with E-state index in [1.807, 2.05) is 13.8 Å². The molecular formula is C24H26O9. The van der Waals surface area contributed by atoms with E-state index in [-0.39, 0.29) is 12.4 Å². The molecule has 0 spiro atoms. The largest absolute Gasteiger partial charge is 0.497 e. The summed E-state index contributed by atoms with van der Waals surface area (Å²) >= 11 is 0. The maximum Gasteiger partial charge on any atom is 0.295 e. The molecule has 3 aliphatic heterocycles. The van der Waals surface area contributed by atoms with E-state index < -0.39 is 23.5 Å². The second kappa shape index (κ2) is 7.89. The number of hydrogen-bond donors (Lipinski definition) is 0. The Morgan fingerprint density at radius 2 is 1.24 bits per heavy atom. The fourth-order valence-corrected chi connectivity index (χ4v) is 3.92. The number of hydrogen-bond acceptors (Lipinski definition) is 9. The maximum atomic E-state index is 6.30.